The van der Waals surface area contributed by atoms with E-state index in [0.29, 0.717) is 0 Å². The molecule has 0 aliphatic carbocycles. The molecule has 0 unspecified atom stereocenters. The van der Waals surface area contributed by atoms with Crippen LogP contribution in [0.25, 0.3) is 0 Å². The standard InChI is InChI=1S/C11H8BrN3/c1-15-8-9(6-14-15)2-3-10-7-13-5-4-11(10)12/h4-8H,1H3. The van der Waals surface area contributed by atoms with Gasteiger partial charge in [-0.2, -0.15) is 5.10 Å². The molecule has 0 radical (unpaired) electrons. The van der Waals surface area contributed by atoms with Gasteiger partial charge in [0.15, 0.2) is 0 Å². The van der Waals surface area contributed by atoms with Crippen molar-refractivity contribution in [2.45, 2.75) is 0 Å². The van der Waals surface area contributed by atoms with Crippen LogP contribution in [0.1, 0.15) is 11.1 Å². The SMILES string of the molecule is Cn1cc(C#Cc2cnccc2Br)cn1. The van der Waals surface area contributed by atoms with Gasteiger partial charge >= 0.3 is 0 Å². The first-order chi connectivity index (χ1) is 7.25. The summed E-state index contributed by atoms with van der Waals surface area (Å²) >= 11 is 3.41. The van der Waals surface area contributed by atoms with Gasteiger partial charge in [0, 0.05) is 30.1 Å². The number of hydrogen-bond acceptors (Lipinski definition) is 2. The predicted molar refractivity (Wildman–Crippen MR) is 61.1 cm³/mol. The van der Waals surface area contributed by atoms with Crippen LogP contribution < -0.4 is 0 Å². The fourth-order valence-corrected chi connectivity index (χ4v) is 1.41. The first-order valence-corrected chi connectivity index (χ1v) is 5.15. The molecule has 4 heteroatoms. The van der Waals surface area contributed by atoms with Crippen LogP contribution in [-0.4, -0.2) is 14.8 Å². The van der Waals surface area contributed by atoms with Gasteiger partial charge in [-0.25, -0.2) is 0 Å². The van der Waals surface area contributed by atoms with Gasteiger partial charge in [-0.15, -0.1) is 0 Å². The van der Waals surface area contributed by atoms with Crippen molar-refractivity contribution in [3.8, 4) is 11.8 Å². The van der Waals surface area contributed by atoms with Crippen LogP contribution in [0, 0.1) is 11.8 Å². The number of rotatable bonds is 0. The Labute approximate surface area is 96.3 Å². The molecule has 74 valence electrons. The zero-order valence-electron chi connectivity index (χ0n) is 8.11. The summed E-state index contributed by atoms with van der Waals surface area (Å²) in [6.45, 7) is 0. The van der Waals surface area contributed by atoms with Crippen LogP contribution in [0.2, 0.25) is 0 Å². The highest BCUT2D eigenvalue weighted by Gasteiger charge is 1.94. The third-order valence-corrected chi connectivity index (χ3v) is 2.51. The lowest BCUT2D eigenvalue weighted by molar-refractivity contribution is 0.767. The maximum absolute atomic E-state index is 4.04. The van der Waals surface area contributed by atoms with Crippen LogP contribution in [0.5, 0.6) is 0 Å². The summed E-state index contributed by atoms with van der Waals surface area (Å²) in [7, 11) is 1.87. The van der Waals surface area contributed by atoms with Crippen molar-refractivity contribution in [1.29, 1.82) is 0 Å². The predicted octanol–water partition coefficient (Wildman–Crippen LogP) is 1.98. The number of aryl methyl sites for hydroxylation is 1. The van der Waals surface area contributed by atoms with E-state index in [9.17, 15) is 0 Å². The second kappa shape index (κ2) is 4.28. The van der Waals surface area contributed by atoms with E-state index in [2.05, 4.69) is 37.9 Å². The van der Waals surface area contributed by atoms with Gasteiger partial charge < -0.3 is 0 Å². The Bertz CT molecular complexity index is 534. The molecule has 0 aromatic carbocycles. The molecular weight excluding hydrogens is 254 g/mol. The highest BCUT2D eigenvalue weighted by Crippen LogP contribution is 2.12. The fourth-order valence-electron chi connectivity index (χ4n) is 1.09. The molecule has 0 atom stereocenters. The maximum atomic E-state index is 4.04. The monoisotopic (exact) mass is 261 g/mol. The number of halogens is 1. The summed E-state index contributed by atoms with van der Waals surface area (Å²) in [4.78, 5) is 4.01. The third-order valence-electron chi connectivity index (χ3n) is 1.81. The van der Waals surface area contributed by atoms with Crippen molar-refractivity contribution in [2.24, 2.45) is 7.05 Å². The van der Waals surface area contributed by atoms with E-state index in [1.807, 2.05) is 19.3 Å². The number of nitrogens with zero attached hydrogens (tertiary/aromatic N) is 3. The summed E-state index contributed by atoms with van der Waals surface area (Å²) in [5, 5.41) is 4.04. The first kappa shape index (κ1) is 9.94. The van der Waals surface area contributed by atoms with Gasteiger partial charge in [-0.3, -0.25) is 9.67 Å². The number of aromatic nitrogens is 3. The molecule has 0 fully saturated rings. The smallest absolute Gasteiger partial charge is 0.0646 e. The van der Waals surface area contributed by atoms with E-state index in [1.54, 1.807) is 23.3 Å². The Morgan fingerprint density at radius 1 is 1.33 bits per heavy atom. The highest BCUT2D eigenvalue weighted by molar-refractivity contribution is 9.10. The molecule has 0 saturated heterocycles. The van der Waals surface area contributed by atoms with Crippen molar-refractivity contribution < 1.29 is 0 Å². The normalized spacial score (nSPS) is 9.47. The fraction of sp³-hybridized carbons (Fsp3) is 0.0909. The van der Waals surface area contributed by atoms with Crippen LogP contribution in [0.15, 0.2) is 35.3 Å². The Kier molecular flexibility index (Phi) is 2.84. The molecule has 0 amide bonds. The molecule has 15 heavy (non-hydrogen) atoms. The zero-order chi connectivity index (χ0) is 10.7. The van der Waals surface area contributed by atoms with Crippen molar-refractivity contribution in [3.05, 3.63) is 46.5 Å². The Morgan fingerprint density at radius 3 is 2.87 bits per heavy atom. The molecule has 0 aliphatic heterocycles. The molecule has 3 nitrogen and oxygen atoms in total. The summed E-state index contributed by atoms with van der Waals surface area (Å²) in [5.41, 5.74) is 1.77. The number of hydrogen-bond donors (Lipinski definition) is 0. The minimum absolute atomic E-state index is 0.876. The second-order valence-electron chi connectivity index (χ2n) is 3.01. The summed E-state index contributed by atoms with van der Waals surface area (Å²) < 4.78 is 2.68. The molecule has 0 aliphatic rings. The largest absolute Gasteiger partial charge is 0.275 e. The second-order valence-corrected chi connectivity index (χ2v) is 3.86. The number of pyridine rings is 1. The van der Waals surface area contributed by atoms with Crippen LogP contribution >= 0.6 is 15.9 Å². The van der Waals surface area contributed by atoms with E-state index >= 15 is 0 Å². The molecule has 0 saturated carbocycles. The van der Waals surface area contributed by atoms with E-state index in [1.165, 1.54) is 0 Å². The molecule has 2 heterocycles. The van der Waals surface area contributed by atoms with E-state index in [0.717, 1.165) is 15.6 Å². The maximum Gasteiger partial charge on any atom is 0.0646 e. The average molecular weight is 262 g/mol. The highest BCUT2D eigenvalue weighted by atomic mass is 79.9. The van der Waals surface area contributed by atoms with Crippen molar-refractivity contribution in [3.63, 3.8) is 0 Å². The first-order valence-electron chi connectivity index (χ1n) is 4.36. The summed E-state index contributed by atoms with van der Waals surface area (Å²) in [6.07, 6.45) is 7.06. The van der Waals surface area contributed by atoms with Crippen LogP contribution in [0.3, 0.4) is 0 Å². The summed E-state index contributed by atoms with van der Waals surface area (Å²) in [5.74, 6) is 6.05. The van der Waals surface area contributed by atoms with Crippen LogP contribution in [-0.2, 0) is 7.05 Å². The molecule has 2 aromatic heterocycles. The van der Waals surface area contributed by atoms with Gasteiger partial charge in [-0.05, 0) is 22.0 Å². The van der Waals surface area contributed by atoms with Crippen molar-refractivity contribution in [2.75, 3.05) is 0 Å². The van der Waals surface area contributed by atoms with Crippen molar-refractivity contribution in [1.82, 2.24) is 14.8 Å². The minimum Gasteiger partial charge on any atom is -0.275 e. The zero-order valence-corrected chi connectivity index (χ0v) is 9.69. The van der Waals surface area contributed by atoms with Crippen LogP contribution in [0.4, 0.5) is 0 Å². The lowest BCUT2D eigenvalue weighted by atomic mass is 10.2. The minimum atomic E-state index is 0.876. The van der Waals surface area contributed by atoms with E-state index in [-0.39, 0.29) is 0 Å². The van der Waals surface area contributed by atoms with Gasteiger partial charge in [0.05, 0.1) is 17.3 Å². The summed E-state index contributed by atoms with van der Waals surface area (Å²) in [6, 6.07) is 1.87. The Hall–Kier alpha value is -1.60. The lowest BCUT2D eigenvalue weighted by Gasteiger charge is -1.91. The quantitative estimate of drug-likeness (QED) is 0.680. The van der Waals surface area contributed by atoms with Gasteiger partial charge in [0.25, 0.3) is 0 Å². The third kappa shape index (κ3) is 2.45. The Morgan fingerprint density at radius 2 is 2.20 bits per heavy atom. The Balaban J connectivity index is 2.30. The van der Waals surface area contributed by atoms with Crippen molar-refractivity contribution >= 4 is 15.9 Å². The molecule has 2 aromatic rings. The average Bonchev–Trinajstić information content (AvgIpc) is 2.63. The van der Waals surface area contributed by atoms with E-state index < -0.39 is 0 Å². The van der Waals surface area contributed by atoms with Gasteiger partial charge in [0.2, 0.25) is 0 Å². The molecular formula is C11H8BrN3. The topological polar surface area (TPSA) is 30.7 Å². The molecule has 2 rings (SSSR count). The van der Waals surface area contributed by atoms with Gasteiger partial charge in [0.1, 0.15) is 0 Å². The lowest BCUT2D eigenvalue weighted by Crippen LogP contribution is -1.84. The molecule has 0 spiro atoms. The molecule has 0 bridgehead atoms. The molecule has 0 N–H and O–H groups in total. The van der Waals surface area contributed by atoms with Gasteiger partial charge in [-0.1, -0.05) is 11.8 Å². The van der Waals surface area contributed by atoms with E-state index in [4.69, 9.17) is 0 Å².